The number of nitrogens with zero attached hydrogens (tertiary/aromatic N) is 2. The molecular weight excluding hydrogens is 527 g/mol. The third-order valence-electron chi connectivity index (χ3n) is 8.19. The van der Waals surface area contributed by atoms with Gasteiger partial charge in [0.1, 0.15) is 17.4 Å². The summed E-state index contributed by atoms with van der Waals surface area (Å²) in [5.41, 5.74) is 3.35. The largest absolute Gasteiger partial charge is 0.454 e. The fraction of sp³-hybridized carbons (Fsp3) is 0.424. The number of likely N-dealkylation sites (tertiary alicyclic amines) is 1. The van der Waals surface area contributed by atoms with Crippen LogP contribution in [-0.2, 0) is 24.2 Å². The molecule has 8 heteroatoms. The number of fused-ring (bicyclic) bond motifs is 1. The van der Waals surface area contributed by atoms with Crippen molar-refractivity contribution in [2.75, 3.05) is 26.2 Å². The molecule has 5 rings (SSSR count). The Kier molecular flexibility index (Phi) is 9.30. The van der Waals surface area contributed by atoms with E-state index in [1.54, 1.807) is 6.07 Å². The van der Waals surface area contributed by atoms with Gasteiger partial charge in [0.05, 0.1) is 6.04 Å². The topological polar surface area (TPSA) is 44.8 Å². The van der Waals surface area contributed by atoms with Crippen molar-refractivity contribution in [3.05, 3.63) is 94.8 Å². The minimum absolute atomic E-state index is 0.0254. The molecule has 3 aromatic rings. The van der Waals surface area contributed by atoms with Crippen LogP contribution in [0, 0.1) is 23.4 Å². The molecule has 0 bridgehead atoms. The number of piperidine rings is 1. The molecule has 1 saturated heterocycles. The van der Waals surface area contributed by atoms with Crippen LogP contribution >= 0.6 is 0 Å². The van der Waals surface area contributed by atoms with E-state index in [0.29, 0.717) is 18.3 Å². The van der Waals surface area contributed by atoms with Crippen LogP contribution in [-0.4, -0.2) is 54.0 Å². The Hall–Kier alpha value is -3.36. The predicted molar refractivity (Wildman–Crippen MR) is 153 cm³/mol. The van der Waals surface area contributed by atoms with Gasteiger partial charge in [-0.05, 0) is 91.2 Å². The number of ether oxygens (including phenoxy) is 1. The van der Waals surface area contributed by atoms with E-state index in [4.69, 9.17) is 4.74 Å². The molecule has 3 aromatic carbocycles. The van der Waals surface area contributed by atoms with E-state index in [9.17, 15) is 18.0 Å². The Morgan fingerprint density at radius 3 is 2.37 bits per heavy atom. The van der Waals surface area contributed by atoms with Gasteiger partial charge in [0.15, 0.2) is 11.6 Å². The summed E-state index contributed by atoms with van der Waals surface area (Å²) in [4.78, 5) is 18.1. The molecule has 0 spiro atoms. The molecule has 5 nitrogen and oxygen atoms in total. The van der Waals surface area contributed by atoms with Gasteiger partial charge in [0, 0.05) is 38.3 Å². The molecule has 1 N–H and O–H groups in total. The quantitative estimate of drug-likeness (QED) is 0.341. The Morgan fingerprint density at radius 1 is 0.927 bits per heavy atom. The van der Waals surface area contributed by atoms with Crippen molar-refractivity contribution in [2.24, 2.45) is 5.92 Å². The Balaban J connectivity index is 1.17. The molecule has 0 aliphatic carbocycles. The first-order chi connectivity index (χ1) is 19.8. The molecule has 218 valence electrons. The minimum atomic E-state index is -0.748. The Labute approximate surface area is 240 Å². The predicted octanol–water partition coefficient (Wildman–Crippen LogP) is 6.10. The van der Waals surface area contributed by atoms with E-state index in [2.05, 4.69) is 24.1 Å². The highest BCUT2D eigenvalue weighted by Crippen LogP contribution is 2.31. The summed E-state index contributed by atoms with van der Waals surface area (Å²) in [6.07, 6.45) is 3.47. The first kappa shape index (κ1) is 29.1. The first-order valence-corrected chi connectivity index (χ1v) is 14.5. The molecule has 2 heterocycles. The molecule has 41 heavy (non-hydrogen) atoms. The third kappa shape index (κ3) is 7.29. The second kappa shape index (κ2) is 13.1. The van der Waals surface area contributed by atoms with Crippen LogP contribution < -0.4 is 10.1 Å². The summed E-state index contributed by atoms with van der Waals surface area (Å²) in [6.45, 7) is 7.86. The molecule has 1 fully saturated rings. The van der Waals surface area contributed by atoms with E-state index in [0.717, 1.165) is 69.1 Å². The van der Waals surface area contributed by atoms with E-state index in [-0.39, 0.29) is 29.4 Å². The standard InChI is InChI=1S/C33H38F3N3O2/c1-22(2)32(33(40)38-17-13-28(14-18-38)37-15-11-23-3-6-26(34)7-4-23)39-16-12-24-5-9-29(19-25(24)21-39)41-31-10-8-27(35)20-30(31)36/h3-10,19-20,22,28,32,37H,11-18,21H2,1-2H3. The SMILES string of the molecule is CC(C)C(C(=O)N1CCC(NCCc2ccc(F)cc2)CC1)N1CCc2ccc(Oc3ccc(F)cc3F)cc2C1. The Morgan fingerprint density at radius 2 is 1.66 bits per heavy atom. The Bertz CT molecular complexity index is 1340. The average Bonchev–Trinajstić information content (AvgIpc) is 2.95. The maximum Gasteiger partial charge on any atom is 0.240 e. The molecule has 1 amide bonds. The number of benzene rings is 3. The van der Waals surface area contributed by atoms with Gasteiger partial charge in [-0.3, -0.25) is 9.69 Å². The lowest BCUT2D eigenvalue weighted by Gasteiger charge is -2.41. The van der Waals surface area contributed by atoms with Gasteiger partial charge in [-0.15, -0.1) is 0 Å². The number of nitrogens with one attached hydrogen (secondary N) is 1. The number of hydrogen-bond acceptors (Lipinski definition) is 4. The van der Waals surface area contributed by atoms with Crippen molar-refractivity contribution in [1.82, 2.24) is 15.1 Å². The molecular formula is C33H38F3N3O2. The highest BCUT2D eigenvalue weighted by Gasteiger charge is 2.35. The fourth-order valence-electron chi connectivity index (χ4n) is 5.97. The van der Waals surface area contributed by atoms with Gasteiger partial charge in [-0.1, -0.05) is 32.0 Å². The highest BCUT2D eigenvalue weighted by molar-refractivity contribution is 5.82. The number of rotatable bonds is 9. The van der Waals surface area contributed by atoms with Crippen LogP contribution in [0.2, 0.25) is 0 Å². The normalized spacial score (nSPS) is 17.0. The van der Waals surface area contributed by atoms with E-state index in [1.165, 1.54) is 29.8 Å². The highest BCUT2D eigenvalue weighted by atomic mass is 19.1. The second-order valence-electron chi connectivity index (χ2n) is 11.4. The maximum absolute atomic E-state index is 14.1. The third-order valence-corrected chi connectivity index (χ3v) is 8.19. The van der Waals surface area contributed by atoms with Gasteiger partial charge in [0.25, 0.3) is 0 Å². The van der Waals surface area contributed by atoms with Crippen LogP contribution in [0.3, 0.4) is 0 Å². The fourth-order valence-corrected chi connectivity index (χ4v) is 5.97. The maximum atomic E-state index is 14.1. The van der Waals surface area contributed by atoms with Gasteiger partial charge < -0.3 is 15.0 Å². The van der Waals surface area contributed by atoms with Crippen LogP contribution in [0.5, 0.6) is 11.5 Å². The summed E-state index contributed by atoms with van der Waals surface area (Å²) in [7, 11) is 0. The zero-order chi connectivity index (χ0) is 28.9. The molecule has 0 aromatic heterocycles. The van der Waals surface area contributed by atoms with Gasteiger partial charge in [-0.2, -0.15) is 0 Å². The molecule has 2 aliphatic rings. The van der Waals surface area contributed by atoms with Gasteiger partial charge in [-0.25, -0.2) is 13.2 Å². The summed E-state index contributed by atoms with van der Waals surface area (Å²) < 4.78 is 46.3. The molecule has 1 atom stereocenters. The van der Waals surface area contributed by atoms with Crippen LogP contribution in [0.4, 0.5) is 13.2 Å². The van der Waals surface area contributed by atoms with Gasteiger partial charge in [0.2, 0.25) is 5.91 Å². The molecule has 0 radical (unpaired) electrons. The van der Waals surface area contributed by atoms with Crippen LogP contribution in [0.25, 0.3) is 0 Å². The van der Waals surface area contributed by atoms with Gasteiger partial charge >= 0.3 is 0 Å². The van der Waals surface area contributed by atoms with Crippen molar-refractivity contribution in [1.29, 1.82) is 0 Å². The van der Waals surface area contributed by atoms with Crippen LogP contribution in [0.15, 0.2) is 60.7 Å². The monoisotopic (exact) mass is 565 g/mol. The number of carbonyl (C=O) groups is 1. The summed E-state index contributed by atoms with van der Waals surface area (Å²) in [6, 6.07) is 15.7. The molecule has 1 unspecified atom stereocenters. The smallest absolute Gasteiger partial charge is 0.240 e. The summed E-state index contributed by atoms with van der Waals surface area (Å²) in [5, 5.41) is 3.60. The van der Waals surface area contributed by atoms with Crippen LogP contribution in [0.1, 0.15) is 43.4 Å². The average molecular weight is 566 g/mol. The van der Waals surface area contributed by atoms with Crippen molar-refractivity contribution in [3.8, 4) is 11.5 Å². The van der Waals surface area contributed by atoms with Crippen molar-refractivity contribution in [3.63, 3.8) is 0 Å². The molecule has 2 aliphatic heterocycles. The van der Waals surface area contributed by atoms with E-state index >= 15 is 0 Å². The minimum Gasteiger partial charge on any atom is -0.454 e. The van der Waals surface area contributed by atoms with Crippen molar-refractivity contribution >= 4 is 5.91 Å². The second-order valence-corrected chi connectivity index (χ2v) is 11.4. The summed E-state index contributed by atoms with van der Waals surface area (Å²) in [5.74, 6) is -0.841. The number of halogens is 3. The zero-order valence-corrected chi connectivity index (χ0v) is 23.7. The lowest BCUT2D eigenvalue weighted by molar-refractivity contribution is -0.140. The van der Waals surface area contributed by atoms with E-state index < -0.39 is 11.6 Å². The number of amides is 1. The lowest BCUT2D eigenvalue weighted by Crippen LogP contribution is -2.55. The van der Waals surface area contributed by atoms with E-state index in [1.807, 2.05) is 29.2 Å². The number of carbonyl (C=O) groups excluding carboxylic acids is 1. The molecule has 0 saturated carbocycles. The first-order valence-electron chi connectivity index (χ1n) is 14.5. The van der Waals surface area contributed by atoms with Crippen molar-refractivity contribution in [2.45, 2.75) is 58.2 Å². The van der Waals surface area contributed by atoms with Crippen molar-refractivity contribution < 1.29 is 22.7 Å². The lowest BCUT2D eigenvalue weighted by atomic mass is 9.93. The zero-order valence-electron chi connectivity index (χ0n) is 23.7. The summed E-state index contributed by atoms with van der Waals surface area (Å²) >= 11 is 0. The number of hydrogen-bond donors (Lipinski definition) is 1.